The Morgan fingerprint density at radius 2 is 2.14 bits per heavy atom. The molecule has 1 rings (SSSR count). The largest absolute Gasteiger partial charge is 0.476 e. The highest BCUT2D eigenvalue weighted by atomic mass is 16.6. The Kier molecular flexibility index (Phi) is 6.19. The number of carbonyl (C=O) groups is 1. The molecule has 0 aromatic carbocycles. The number of rotatable bonds is 7. The second-order valence-corrected chi connectivity index (χ2v) is 4.81. The zero-order valence-corrected chi connectivity index (χ0v) is 12.5. The topological polar surface area (TPSA) is 116 Å². The van der Waals surface area contributed by atoms with Gasteiger partial charge < -0.3 is 19.8 Å². The van der Waals surface area contributed by atoms with Crippen molar-refractivity contribution in [3.05, 3.63) is 32.6 Å². The first kappa shape index (κ1) is 18.2. The molecular formula is C12H17B2N3O5. The number of nitrogens with two attached hydrogens (primary N) is 1. The van der Waals surface area contributed by atoms with Crippen molar-refractivity contribution in [2.24, 2.45) is 5.73 Å². The molecule has 0 saturated carbocycles. The van der Waals surface area contributed by atoms with E-state index in [1.807, 2.05) is 0 Å². The van der Waals surface area contributed by atoms with Crippen LogP contribution in [0.1, 0.15) is 12.0 Å². The molecule has 0 aliphatic rings. The average Bonchev–Trinajstić information content (AvgIpc) is 2.43. The Hall–Kier alpha value is -1.80. The predicted molar refractivity (Wildman–Crippen MR) is 80.9 cm³/mol. The van der Waals surface area contributed by atoms with Crippen LogP contribution in [-0.2, 0) is 20.8 Å². The summed E-state index contributed by atoms with van der Waals surface area (Å²) in [4.78, 5) is 36.3. The van der Waals surface area contributed by atoms with Crippen molar-refractivity contribution in [1.29, 1.82) is 0 Å². The summed E-state index contributed by atoms with van der Waals surface area (Å²) in [6, 6.07) is 0. The second-order valence-electron chi connectivity index (χ2n) is 4.81. The van der Waals surface area contributed by atoms with Crippen LogP contribution >= 0.6 is 0 Å². The van der Waals surface area contributed by atoms with Crippen molar-refractivity contribution in [1.82, 2.24) is 9.55 Å². The Morgan fingerprint density at radius 1 is 1.50 bits per heavy atom. The van der Waals surface area contributed by atoms with Gasteiger partial charge in [-0.15, -0.1) is 0 Å². The minimum atomic E-state index is -1.88. The summed E-state index contributed by atoms with van der Waals surface area (Å²) >= 11 is 0. The summed E-state index contributed by atoms with van der Waals surface area (Å²) in [5, 5.41) is -1.88. The molecule has 10 heteroatoms. The van der Waals surface area contributed by atoms with E-state index >= 15 is 0 Å². The molecule has 1 aromatic heterocycles. The Labute approximate surface area is 129 Å². The molecule has 0 aliphatic carbocycles. The van der Waals surface area contributed by atoms with Gasteiger partial charge in [0, 0.05) is 25.4 Å². The van der Waals surface area contributed by atoms with Gasteiger partial charge in [0.2, 0.25) is 0 Å². The summed E-state index contributed by atoms with van der Waals surface area (Å²) < 4.78 is 11.2. The van der Waals surface area contributed by atoms with E-state index < -0.39 is 28.7 Å². The van der Waals surface area contributed by atoms with Crippen molar-refractivity contribution in [2.75, 3.05) is 13.7 Å². The number of nitrogens with zero attached hydrogens (tertiary/aromatic N) is 1. The molecule has 116 valence electrons. The van der Waals surface area contributed by atoms with Crippen LogP contribution in [0.2, 0.25) is 0 Å². The van der Waals surface area contributed by atoms with Crippen LogP contribution in [-0.4, -0.2) is 56.4 Å². The number of esters is 1. The standard InChI is InChI=1S/C12H17B2N3O5/c1-7-6-17(11(20)16-10(7)19)4-3-8(21-2)12(13,14)22-9(18)5-15/h6,8H,3-5,15H2,1-2H3,(H,16,19,20). The molecule has 0 fully saturated rings. The highest BCUT2D eigenvalue weighted by Gasteiger charge is 2.31. The van der Waals surface area contributed by atoms with E-state index in [0.29, 0.717) is 5.56 Å². The number of aromatic amines is 1. The Balaban J connectivity index is 2.83. The minimum Gasteiger partial charge on any atom is -0.476 e. The predicted octanol–water partition coefficient (Wildman–Crippen LogP) is -2.26. The first-order valence-electron chi connectivity index (χ1n) is 6.54. The number of nitrogens with one attached hydrogen (secondary N) is 1. The van der Waals surface area contributed by atoms with Crippen LogP contribution in [0.4, 0.5) is 0 Å². The molecule has 0 saturated heterocycles. The average molecular weight is 305 g/mol. The number of aromatic nitrogens is 2. The third-order valence-electron chi connectivity index (χ3n) is 3.07. The van der Waals surface area contributed by atoms with Crippen molar-refractivity contribution in [3.8, 4) is 0 Å². The van der Waals surface area contributed by atoms with Gasteiger partial charge in [-0.1, -0.05) is 0 Å². The molecule has 0 aliphatic heterocycles. The van der Waals surface area contributed by atoms with Crippen molar-refractivity contribution in [2.45, 2.75) is 31.4 Å². The lowest BCUT2D eigenvalue weighted by molar-refractivity contribution is -0.152. The number of H-pyrrole nitrogens is 1. The number of carbonyl (C=O) groups excluding carboxylic acids is 1. The van der Waals surface area contributed by atoms with Gasteiger partial charge in [-0.05, 0) is 13.3 Å². The molecule has 0 spiro atoms. The fourth-order valence-corrected chi connectivity index (χ4v) is 1.87. The van der Waals surface area contributed by atoms with Gasteiger partial charge in [0.05, 0.1) is 18.0 Å². The summed E-state index contributed by atoms with van der Waals surface area (Å²) in [6.45, 7) is 1.36. The van der Waals surface area contributed by atoms with E-state index in [1.165, 1.54) is 17.9 Å². The molecule has 22 heavy (non-hydrogen) atoms. The van der Waals surface area contributed by atoms with Gasteiger partial charge in [0.1, 0.15) is 15.7 Å². The van der Waals surface area contributed by atoms with Crippen LogP contribution < -0.4 is 17.0 Å². The molecule has 1 unspecified atom stereocenters. The van der Waals surface area contributed by atoms with Crippen LogP contribution in [0, 0.1) is 6.92 Å². The summed E-state index contributed by atoms with van der Waals surface area (Å²) in [7, 11) is 12.8. The highest BCUT2D eigenvalue weighted by Crippen LogP contribution is 2.15. The summed E-state index contributed by atoms with van der Waals surface area (Å²) in [5.74, 6) is -0.774. The maximum absolute atomic E-state index is 11.7. The van der Waals surface area contributed by atoms with Crippen LogP contribution in [0.15, 0.2) is 15.8 Å². The number of hydrogen-bond acceptors (Lipinski definition) is 6. The lowest BCUT2D eigenvalue weighted by Gasteiger charge is -2.34. The van der Waals surface area contributed by atoms with E-state index in [-0.39, 0.29) is 19.5 Å². The fraction of sp³-hybridized carbons (Fsp3) is 0.583. The Morgan fingerprint density at radius 3 is 2.68 bits per heavy atom. The van der Waals surface area contributed by atoms with Crippen LogP contribution in [0.25, 0.3) is 0 Å². The van der Waals surface area contributed by atoms with Crippen molar-refractivity contribution in [3.63, 3.8) is 0 Å². The SMILES string of the molecule is [B]C([B])(OC(=O)CN)C(CCn1cc(C)c(=O)[nH]c1=O)OC. The number of hydrogen-bond donors (Lipinski definition) is 2. The monoisotopic (exact) mass is 305 g/mol. The van der Waals surface area contributed by atoms with Crippen molar-refractivity contribution < 1.29 is 14.3 Å². The number of aryl methyl sites for hydroxylation is 2. The molecule has 1 atom stereocenters. The van der Waals surface area contributed by atoms with Crippen LogP contribution in [0.5, 0.6) is 0 Å². The van der Waals surface area contributed by atoms with Gasteiger partial charge in [-0.25, -0.2) is 4.79 Å². The molecule has 1 aromatic rings. The number of methoxy groups -OCH3 is 1. The van der Waals surface area contributed by atoms with E-state index in [1.54, 1.807) is 6.92 Å². The normalized spacial score (nSPS) is 12.9. The first-order chi connectivity index (χ1) is 10.2. The zero-order chi connectivity index (χ0) is 16.9. The van der Waals surface area contributed by atoms with E-state index in [2.05, 4.69) is 4.98 Å². The summed E-state index contributed by atoms with van der Waals surface area (Å²) in [6.07, 6.45) is 0.712. The number of ether oxygens (including phenoxy) is 2. The zero-order valence-electron chi connectivity index (χ0n) is 12.5. The summed E-state index contributed by atoms with van der Waals surface area (Å²) in [5.41, 5.74) is 4.50. The van der Waals surface area contributed by atoms with Gasteiger partial charge in [0.25, 0.3) is 5.56 Å². The third kappa shape index (κ3) is 4.60. The van der Waals surface area contributed by atoms with Crippen molar-refractivity contribution >= 4 is 21.7 Å². The third-order valence-corrected chi connectivity index (χ3v) is 3.07. The molecular weight excluding hydrogens is 288 g/mol. The van der Waals surface area contributed by atoms with E-state index in [0.717, 1.165) is 0 Å². The lowest BCUT2D eigenvalue weighted by atomic mass is 9.61. The maximum atomic E-state index is 11.7. The van der Waals surface area contributed by atoms with Crippen LogP contribution in [0.3, 0.4) is 0 Å². The molecule has 4 radical (unpaired) electrons. The second kappa shape index (κ2) is 7.46. The highest BCUT2D eigenvalue weighted by molar-refractivity contribution is 6.40. The smallest absolute Gasteiger partial charge is 0.328 e. The Bertz CT molecular complexity index is 640. The maximum Gasteiger partial charge on any atom is 0.328 e. The molecule has 0 amide bonds. The molecule has 0 bridgehead atoms. The van der Waals surface area contributed by atoms with E-state index in [9.17, 15) is 14.4 Å². The molecule has 3 N–H and O–H groups in total. The van der Waals surface area contributed by atoms with Gasteiger partial charge in [0.15, 0.2) is 0 Å². The fourth-order valence-electron chi connectivity index (χ4n) is 1.87. The van der Waals surface area contributed by atoms with Gasteiger partial charge in [-0.3, -0.25) is 14.6 Å². The minimum absolute atomic E-state index is 0.158. The van der Waals surface area contributed by atoms with Gasteiger partial charge >= 0.3 is 11.7 Å². The molecule has 8 nitrogen and oxygen atoms in total. The molecule has 1 heterocycles. The lowest BCUT2D eigenvalue weighted by Crippen LogP contribution is -2.50. The van der Waals surface area contributed by atoms with E-state index in [4.69, 9.17) is 30.9 Å². The van der Waals surface area contributed by atoms with Gasteiger partial charge in [-0.2, -0.15) is 0 Å². The first-order valence-corrected chi connectivity index (χ1v) is 6.54. The quantitative estimate of drug-likeness (QED) is 0.434.